The fourth-order valence-electron chi connectivity index (χ4n) is 0.466. The van der Waals surface area contributed by atoms with Gasteiger partial charge in [-0.25, -0.2) is 0 Å². The van der Waals surface area contributed by atoms with Crippen molar-refractivity contribution in [2.75, 3.05) is 6.16 Å². The Hall–Kier alpha value is 0.0799. The predicted octanol–water partition coefficient (Wildman–Crippen LogP) is 1.36. The molecule has 0 saturated heterocycles. The summed E-state index contributed by atoms with van der Waals surface area (Å²) >= 11 is 0. The summed E-state index contributed by atoms with van der Waals surface area (Å²) in [7, 11) is 0.0201. The van der Waals surface area contributed by atoms with Crippen molar-refractivity contribution in [2.24, 2.45) is 0 Å². The molecular formula is C5H10B2P+. The van der Waals surface area contributed by atoms with E-state index in [9.17, 15) is 0 Å². The molecular weight excluding hydrogens is 113 g/mol. The van der Waals surface area contributed by atoms with Gasteiger partial charge in [0.25, 0.3) is 0 Å². The summed E-state index contributed by atoms with van der Waals surface area (Å²) < 4.78 is 0. The van der Waals surface area contributed by atoms with Gasteiger partial charge in [-0.1, -0.05) is 0 Å². The van der Waals surface area contributed by atoms with Gasteiger partial charge in [-0.3, -0.25) is 0 Å². The molecule has 0 aliphatic rings. The summed E-state index contributed by atoms with van der Waals surface area (Å²) in [5.74, 6) is 0. The van der Waals surface area contributed by atoms with Crippen molar-refractivity contribution in [3.63, 3.8) is 0 Å². The summed E-state index contributed by atoms with van der Waals surface area (Å²) in [6.45, 7) is 12.0. The van der Waals surface area contributed by atoms with Crippen molar-refractivity contribution in [1.29, 1.82) is 0 Å². The summed E-state index contributed by atoms with van der Waals surface area (Å²) in [5.41, 5.74) is 2.79. The van der Waals surface area contributed by atoms with Crippen LogP contribution in [0.15, 0.2) is 6.58 Å². The van der Waals surface area contributed by atoms with Crippen LogP contribution < -0.4 is 0 Å². The van der Waals surface area contributed by atoms with Gasteiger partial charge in [0.15, 0.2) is 0 Å². The van der Waals surface area contributed by atoms with Gasteiger partial charge in [0.05, 0.1) is 0 Å². The van der Waals surface area contributed by atoms with Crippen molar-refractivity contribution in [1.82, 2.24) is 0 Å². The van der Waals surface area contributed by atoms with E-state index in [0.29, 0.717) is 0 Å². The van der Waals surface area contributed by atoms with Gasteiger partial charge in [0, 0.05) is 0 Å². The first-order valence-corrected chi connectivity index (χ1v) is 4.42. The molecule has 0 radical (unpaired) electrons. The van der Waals surface area contributed by atoms with Crippen LogP contribution >= 0.6 is 7.29 Å². The Morgan fingerprint density at radius 2 is 2.38 bits per heavy atom. The maximum atomic E-state index is 3.51. The van der Waals surface area contributed by atoms with Gasteiger partial charge in [-0.05, 0) is 0 Å². The molecule has 0 bridgehead atoms. The van der Waals surface area contributed by atoms with E-state index in [1.165, 1.54) is 6.16 Å². The van der Waals surface area contributed by atoms with E-state index >= 15 is 0 Å². The minimum absolute atomic E-state index is 0.0201. The van der Waals surface area contributed by atoms with E-state index in [1.807, 2.05) is 0 Å². The third-order valence-electron chi connectivity index (χ3n) is 0.954. The van der Waals surface area contributed by atoms with Crippen molar-refractivity contribution in [3.8, 4) is 0 Å². The Labute approximate surface area is 53.4 Å². The van der Waals surface area contributed by atoms with Crippen molar-refractivity contribution >= 4 is 26.2 Å². The van der Waals surface area contributed by atoms with Crippen LogP contribution in [-0.4, -0.2) is 25.0 Å². The molecule has 0 amide bonds. The molecule has 1 atom stereocenters. The number of hydrogen-bond acceptors (Lipinski definition) is 0. The molecule has 0 spiro atoms. The molecule has 0 N–H and O–H groups in total. The quantitative estimate of drug-likeness (QED) is 0.384. The summed E-state index contributed by atoms with van der Waals surface area (Å²) in [6.07, 6.45) is 1.22. The van der Waals surface area contributed by atoms with E-state index < -0.39 is 0 Å². The molecule has 0 saturated carbocycles. The Kier molecular flexibility index (Phi) is 5.27. The van der Waals surface area contributed by atoms with Gasteiger partial charge in [-0.2, -0.15) is 0 Å². The van der Waals surface area contributed by atoms with Gasteiger partial charge in [-0.15, -0.1) is 0 Å². The van der Waals surface area contributed by atoms with Crippen LogP contribution in [0.1, 0.15) is 6.92 Å². The normalized spacial score (nSPS) is 9.00. The molecule has 0 nitrogen and oxygen atoms in total. The first-order valence-electron chi connectivity index (χ1n) is 2.76. The summed E-state index contributed by atoms with van der Waals surface area (Å²) in [4.78, 5) is 0. The SMILES string of the molecule is C=C=B[P+](=BC)CC. The molecule has 8 heavy (non-hydrogen) atoms. The molecule has 0 aliphatic carbocycles. The molecule has 0 heterocycles. The zero-order chi connectivity index (χ0) is 6.41. The van der Waals surface area contributed by atoms with Crippen molar-refractivity contribution in [3.05, 3.63) is 6.58 Å². The van der Waals surface area contributed by atoms with Crippen LogP contribution in [0.25, 0.3) is 0 Å². The first kappa shape index (κ1) is 8.08. The molecule has 40 valence electrons. The van der Waals surface area contributed by atoms with E-state index in [0.717, 1.165) is 0 Å². The van der Waals surface area contributed by atoms with E-state index in [2.05, 4.69) is 39.2 Å². The molecule has 0 rings (SSSR count). The van der Waals surface area contributed by atoms with Crippen LogP contribution in [0.5, 0.6) is 0 Å². The third-order valence-corrected chi connectivity index (χ3v) is 2.86. The second-order valence-corrected chi connectivity index (χ2v) is 3.86. The zero-order valence-electron chi connectivity index (χ0n) is 5.52. The first-order chi connectivity index (χ1) is 3.85. The predicted molar refractivity (Wildman–Crippen MR) is 45.5 cm³/mol. The number of rotatable bonds is 2. The molecule has 0 aromatic heterocycles. The fraction of sp³-hybridized carbons (Fsp3) is 0.600. The number of hydrogen-bond donors (Lipinski definition) is 0. The molecule has 0 aromatic rings. The second-order valence-electron chi connectivity index (χ2n) is 1.42. The minimum atomic E-state index is 0.0201. The summed E-state index contributed by atoms with van der Waals surface area (Å²) in [6, 6.07) is 0. The van der Waals surface area contributed by atoms with Crippen LogP contribution in [0.3, 0.4) is 0 Å². The van der Waals surface area contributed by atoms with E-state index in [-0.39, 0.29) is 7.29 Å². The van der Waals surface area contributed by atoms with Gasteiger partial charge < -0.3 is 0 Å². The van der Waals surface area contributed by atoms with Crippen molar-refractivity contribution < 1.29 is 0 Å². The Morgan fingerprint density at radius 1 is 1.75 bits per heavy atom. The Morgan fingerprint density at radius 3 is 2.50 bits per heavy atom. The van der Waals surface area contributed by atoms with Gasteiger partial charge in [0.2, 0.25) is 0 Å². The van der Waals surface area contributed by atoms with Gasteiger partial charge in [0.1, 0.15) is 0 Å². The standard InChI is InChI=1S/C5H10B2P/c1-4-7-8(5-2)6-3/h1,5H2,2-3H3/q+1. The van der Waals surface area contributed by atoms with Crippen LogP contribution in [0.4, 0.5) is 0 Å². The molecule has 1 unspecified atom stereocenters. The van der Waals surface area contributed by atoms with E-state index in [4.69, 9.17) is 0 Å². The average molecular weight is 123 g/mol. The van der Waals surface area contributed by atoms with Crippen LogP contribution in [0, 0.1) is 0 Å². The molecule has 0 fully saturated rings. The molecule has 0 aliphatic heterocycles. The molecule has 0 aromatic carbocycles. The monoisotopic (exact) mass is 123 g/mol. The van der Waals surface area contributed by atoms with Gasteiger partial charge >= 0.3 is 52.7 Å². The maximum absolute atomic E-state index is 3.51. The van der Waals surface area contributed by atoms with E-state index in [1.54, 1.807) is 0 Å². The van der Waals surface area contributed by atoms with Crippen LogP contribution in [-0.2, 0) is 0 Å². The second kappa shape index (κ2) is 5.22. The van der Waals surface area contributed by atoms with Crippen LogP contribution in [0.2, 0.25) is 6.82 Å². The Balaban J connectivity index is 3.91. The Bertz CT molecular complexity index is 133. The zero-order valence-corrected chi connectivity index (χ0v) is 6.41. The van der Waals surface area contributed by atoms with Crippen molar-refractivity contribution in [2.45, 2.75) is 13.7 Å². The average Bonchev–Trinajstić information content (AvgIpc) is 1.83. The fourth-order valence-corrected chi connectivity index (χ4v) is 1.40. The summed E-state index contributed by atoms with van der Waals surface area (Å²) in [5, 5.41) is 0. The molecule has 3 heteroatoms. The topological polar surface area (TPSA) is 0 Å². The third kappa shape index (κ3) is 3.13.